The van der Waals surface area contributed by atoms with E-state index in [0.29, 0.717) is 6.54 Å². The number of nitrogens with zero attached hydrogens (tertiary/aromatic N) is 3. The van der Waals surface area contributed by atoms with E-state index in [0.717, 1.165) is 42.6 Å². The third-order valence-electron chi connectivity index (χ3n) is 5.41. The zero-order chi connectivity index (χ0) is 18.8. The number of carbonyl (C=O) groups excluding carboxylic acids is 1. The first-order chi connectivity index (χ1) is 13.1. The normalized spacial score (nSPS) is 24.4. The lowest BCUT2D eigenvalue weighted by Crippen LogP contribution is -2.48. The Labute approximate surface area is 158 Å². The van der Waals surface area contributed by atoms with Gasteiger partial charge in [0.25, 0.3) is 0 Å². The van der Waals surface area contributed by atoms with Gasteiger partial charge in [-0.15, -0.1) is 0 Å². The van der Waals surface area contributed by atoms with Gasteiger partial charge >= 0.3 is 0 Å². The number of piperidine rings is 1. The number of aromatic nitrogens is 1. The molecule has 0 saturated carbocycles. The second kappa shape index (κ2) is 7.78. The molecule has 0 bridgehead atoms. The van der Waals surface area contributed by atoms with Crippen LogP contribution in [0.1, 0.15) is 19.3 Å². The van der Waals surface area contributed by atoms with Gasteiger partial charge in [-0.3, -0.25) is 14.7 Å². The molecule has 2 aliphatic rings. The molecule has 7 heteroatoms. The summed E-state index contributed by atoms with van der Waals surface area (Å²) in [5, 5.41) is 1.02. The predicted molar refractivity (Wildman–Crippen MR) is 101 cm³/mol. The van der Waals surface area contributed by atoms with Crippen LogP contribution in [0.3, 0.4) is 0 Å². The molecule has 1 aromatic heterocycles. The zero-order valence-electron chi connectivity index (χ0n) is 15.3. The van der Waals surface area contributed by atoms with E-state index in [1.807, 2.05) is 30.3 Å². The van der Waals surface area contributed by atoms with Gasteiger partial charge in [0.2, 0.25) is 5.91 Å². The molecule has 1 aromatic carbocycles. The lowest BCUT2D eigenvalue weighted by molar-refractivity contribution is -0.133. The summed E-state index contributed by atoms with van der Waals surface area (Å²) in [6.07, 6.45) is 2.34. The predicted octanol–water partition coefficient (Wildman–Crippen LogP) is 1.93. The summed E-state index contributed by atoms with van der Waals surface area (Å²) in [5.74, 6) is 0.773. The number of ether oxygens (including phenoxy) is 1. The van der Waals surface area contributed by atoms with Crippen LogP contribution >= 0.6 is 0 Å². The maximum atomic E-state index is 13.4. The molecule has 27 heavy (non-hydrogen) atoms. The van der Waals surface area contributed by atoms with E-state index in [2.05, 4.69) is 9.88 Å². The number of carbonyl (C=O) groups is 1. The fraction of sp³-hybridized carbons (Fsp3) is 0.500. The molecule has 0 aliphatic carbocycles. The summed E-state index contributed by atoms with van der Waals surface area (Å²) in [5.41, 5.74) is 6.77. The number of pyridine rings is 1. The Morgan fingerprint density at radius 2 is 2.07 bits per heavy atom. The first-order valence-corrected chi connectivity index (χ1v) is 9.52. The number of rotatable bonds is 4. The van der Waals surface area contributed by atoms with Crippen LogP contribution in [-0.4, -0.2) is 65.3 Å². The average Bonchev–Trinajstić information content (AvgIpc) is 3.02. The van der Waals surface area contributed by atoms with Crippen LogP contribution in [0, 0.1) is 0 Å². The molecule has 2 atom stereocenters. The van der Waals surface area contributed by atoms with Crippen LogP contribution in [0.2, 0.25) is 0 Å². The van der Waals surface area contributed by atoms with Crippen LogP contribution in [-0.2, 0) is 4.79 Å². The van der Waals surface area contributed by atoms with Crippen LogP contribution < -0.4 is 10.5 Å². The summed E-state index contributed by atoms with van der Waals surface area (Å²) in [6, 6.07) is 9.83. The first-order valence-electron chi connectivity index (χ1n) is 9.52. The monoisotopic (exact) mass is 372 g/mol. The number of halogens is 1. The number of nitrogens with two attached hydrogens (primary N) is 1. The van der Waals surface area contributed by atoms with Crippen LogP contribution in [0.5, 0.6) is 5.75 Å². The van der Waals surface area contributed by atoms with E-state index in [1.54, 1.807) is 6.20 Å². The maximum absolute atomic E-state index is 13.4. The van der Waals surface area contributed by atoms with Crippen molar-refractivity contribution in [1.29, 1.82) is 0 Å². The minimum absolute atomic E-state index is 0.0813. The summed E-state index contributed by atoms with van der Waals surface area (Å²) < 4.78 is 19.6. The van der Waals surface area contributed by atoms with Crippen molar-refractivity contribution in [3.05, 3.63) is 36.5 Å². The van der Waals surface area contributed by atoms with E-state index in [4.69, 9.17) is 10.5 Å². The third kappa shape index (κ3) is 4.04. The molecule has 6 nitrogen and oxygen atoms in total. The number of hydrogen-bond donors (Lipinski definition) is 1. The van der Waals surface area contributed by atoms with Crippen LogP contribution in [0.15, 0.2) is 36.5 Å². The number of alkyl halides is 1. The molecule has 0 radical (unpaired) electrons. The molecule has 2 aromatic rings. The van der Waals surface area contributed by atoms with Gasteiger partial charge in [0.05, 0.1) is 24.8 Å². The molecular weight excluding hydrogens is 347 g/mol. The van der Waals surface area contributed by atoms with Gasteiger partial charge in [0.1, 0.15) is 18.0 Å². The van der Waals surface area contributed by atoms with Gasteiger partial charge in [0, 0.05) is 31.1 Å². The van der Waals surface area contributed by atoms with E-state index in [1.165, 1.54) is 4.90 Å². The van der Waals surface area contributed by atoms with Gasteiger partial charge < -0.3 is 15.4 Å². The minimum atomic E-state index is -1.00. The van der Waals surface area contributed by atoms with Gasteiger partial charge in [-0.2, -0.15) is 0 Å². The van der Waals surface area contributed by atoms with Crippen LogP contribution in [0.25, 0.3) is 10.9 Å². The van der Waals surface area contributed by atoms with Crippen molar-refractivity contribution >= 4 is 16.8 Å². The second-order valence-electron chi connectivity index (χ2n) is 7.37. The molecule has 3 heterocycles. The summed E-state index contributed by atoms with van der Waals surface area (Å²) in [6.45, 7) is 1.98. The van der Waals surface area contributed by atoms with Crippen molar-refractivity contribution in [2.24, 2.45) is 5.73 Å². The minimum Gasteiger partial charge on any atom is -0.490 e. The summed E-state index contributed by atoms with van der Waals surface area (Å²) in [7, 11) is 0. The highest BCUT2D eigenvalue weighted by molar-refractivity contribution is 5.84. The van der Waals surface area contributed by atoms with Crippen molar-refractivity contribution in [2.45, 2.75) is 37.7 Å². The molecule has 1 amide bonds. The first kappa shape index (κ1) is 18.1. The van der Waals surface area contributed by atoms with Crippen molar-refractivity contribution in [3.8, 4) is 5.75 Å². The number of amides is 1. The van der Waals surface area contributed by atoms with E-state index in [-0.39, 0.29) is 25.0 Å². The van der Waals surface area contributed by atoms with Crippen LogP contribution in [0.4, 0.5) is 4.39 Å². The molecule has 2 N–H and O–H groups in total. The van der Waals surface area contributed by atoms with Gasteiger partial charge in [-0.25, -0.2) is 4.39 Å². The molecule has 4 rings (SSSR count). The van der Waals surface area contributed by atoms with Gasteiger partial charge in [-0.05, 0) is 37.1 Å². The maximum Gasteiger partial charge on any atom is 0.238 e. The Bertz CT molecular complexity index is 804. The Kier molecular flexibility index (Phi) is 5.22. The highest BCUT2D eigenvalue weighted by Gasteiger charge is 2.34. The van der Waals surface area contributed by atoms with Gasteiger partial charge in [-0.1, -0.05) is 6.07 Å². The molecule has 2 saturated heterocycles. The highest BCUT2D eigenvalue weighted by atomic mass is 19.1. The summed E-state index contributed by atoms with van der Waals surface area (Å²) in [4.78, 5) is 20.3. The lowest BCUT2D eigenvalue weighted by atomic mass is 10.1. The Morgan fingerprint density at radius 1 is 1.26 bits per heavy atom. The van der Waals surface area contributed by atoms with E-state index < -0.39 is 12.3 Å². The van der Waals surface area contributed by atoms with Gasteiger partial charge in [0.15, 0.2) is 0 Å². The van der Waals surface area contributed by atoms with Crippen molar-refractivity contribution < 1.29 is 13.9 Å². The fourth-order valence-electron chi connectivity index (χ4n) is 3.92. The molecule has 144 valence electrons. The number of fused-ring (bicyclic) bond motifs is 1. The van der Waals surface area contributed by atoms with Crippen molar-refractivity contribution in [1.82, 2.24) is 14.8 Å². The molecule has 0 unspecified atom stereocenters. The van der Waals surface area contributed by atoms with Crippen molar-refractivity contribution in [2.75, 3.05) is 26.2 Å². The molecule has 2 aliphatic heterocycles. The lowest BCUT2D eigenvalue weighted by Gasteiger charge is -2.33. The fourth-order valence-corrected chi connectivity index (χ4v) is 3.92. The third-order valence-corrected chi connectivity index (χ3v) is 5.41. The Balaban J connectivity index is 1.31. The number of likely N-dealkylation sites (tertiary alicyclic amines) is 2. The number of benzene rings is 1. The summed E-state index contributed by atoms with van der Waals surface area (Å²) >= 11 is 0. The topological polar surface area (TPSA) is 71.7 Å². The van der Waals surface area contributed by atoms with E-state index in [9.17, 15) is 9.18 Å². The second-order valence-corrected chi connectivity index (χ2v) is 7.37. The quantitative estimate of drug-likeness (QED) is 0.888. The SMILES string of the molecule is N[C@@H]1C[C@H](F)CN1C(=O)CN1CCC(Oc2cccc3ncccc23)CC1. The largest absolute Gasteiger partial charge is 0.490 e. The Morgan fingerprint density at radius 3 is 2.81 bits per heavy atom. The number of hydrogen-bond acceptors (Lipinski definition) is 5. The zero-order valence-corrected chi connectivity index (χ0v) is 15.3. The van der Waals surface area contributed by atoms with E-state index >= 15 is 0 Å². The molecule has 2 fully saturated rings. The standard InChI is InChI=1S/C20H25FN4O2/c21-14-11-19(22)25(12-14)20(26)13-24-9-6-15(7-10-24)27-18-5-1-4-17-16(18)3-2-8-23-17/h1-5,8,14-15,19H,6-7,9-13,22H2/t14-,19-/m0/s1. The molecular formula is C20H25FN4O2. The smallest absolute Gasteiger partial charge is 0.238 e. The average molecular weight is 372 g/mol. The molecule has 0 spiro atoms. The highest BCUT2D eigenvalue weighted by Crippen LogP contribution is 2.27. The van der Waals surface area contributed by atoms with Crippen molar-refractivity contribution in [3.63, 3.8) is 0 Å². The Hall–Kier alpha value is -2.25.